The van der Waals surface area contributed by atoms with Gasteiger partial charge in [0.05, 0.1) is 5.56 Å². The van der Waals surface area contributed by atoms with Crippen LogP contribution in [0.3, 0.4) is 0 Å². The highest BCUT2D eigenvalue weighted by molar-refractivity contribution is 6.31. The molecule has 3 nitrogen and oxygen atoms in total. The van der Waals surface area contributed by atoms with Crippen LogP contribution in [0.5, 0.6) is 0 Å². The number of rotatable bonds is 4. The maximum Gasteiger partial charge on any atom is 0.335 e. The van der Waals surface area contributed by atoms with Crippen molar-refractivity contribution in [2.75, 3.05) is 7.05 Å². The van der Waals surface area contributed by atoms with E-state index in [1.807, 2.05) is 0 Å². The summed E-state index contributed by atoms with van der Waals surface area (Å²) in [6, 6.07) is 5.59. The zero-order chi connectivity index (χ0) is 11.7. The van der Waals surface area contributed by atoms with Crippen LogP contribution in [0.25, 0.3) is 0 Å². The molecule has 0 unspecified atom stereocenters. The van der Waals surface area contributed by atoms with Crippen molar-refractivity contribution in [3.05, 3.63) is 34.3 Å². The summed E-state index contributed by atoms with van der Waals surface area (Å²) >= 11 is 6.05. The first kappa shape index (κ1) is 11.4. The maximum absolute atomic E-state index is 10.7. The van der Waals surface area contributed by atoms with Gasteiger partial charge in [-0.2, -0.15) is 0 Å². The van der Waals surface area contributed by atoms with E-state index in [-0.39, 0.29) is 5.56 Å². The summed E-state index contributed by atoms with van der Waals surface area (Å²) in [5.41, 5.74) is 1.23. The number of benzene rings is 1. The van der Waals surface area contributed by atoms with Crippen molar-refractivity contribution in [2.45, 2.75) is 25.4 Å². The highest BCUT2D eigenvalue weighted by Crippen LogP contribution is 2.28. The second-order valence-electron chi connectivity index (χ2n) is 4.26. The second kappa shape index (κ2) is 4.44. The third-order valence-electron chi connectivity index (χ3n) is 2.89. The average Bonchev–Trinajstić information content (AvgIpc) is 3.03. The molecule has 0 atom stereocenters. The molecule has 1 aliphatic carbocycles. The Bertz CT molecular complexity index is 415. The van der Waals surface area contributed by atoms with Gasteiger partial charge in [-0.25, -0.2) is 4.79 Å². The van der Waals surface area contributed by atoms with Gasteiger partial charge in [0, 0.05) is 17.6 Å². The number of carboxylic acids is 1. The van der Waals surface area contributed by atoms with E-state index in [0.29, 0.717) is 11.1 Å². The number of hydrogen-bond donors (Lipinski definition) is 1. The molecule has 1 N–H and O–H groups in total. The van der Waals surface area contributed by atoms with Crippen molar-refractivity contribution >= 4 is 17.6 Å². The summed E-state index contributed by atoms with van der Waals surface area (Å²) < 4.78 is 0. The Hall–Kier alpha value is -1.06. The number of carbonyl (C=O) groups is 1. The fourth-order valence-electron chi connectivity index (χ4n) is 1.72. The van der Waals surface area contributed by atoms with Gasteiger partial charge in [0.15, 0.2) is 0 Å². The van der Waals surface area contributed by atoms with Crippen LogP contribution in [0.2, 0.25) is 5.02 Å². The van der Waals surface area contributed by atoms with Crippen molar-refractivity contribution in [3.8, 4) is 0 Å². The largest absolute Gasteiger partial charge is 0.478 e. The number of carboxylic acid groups (broad SMARTS) is 1. The van der Waals surface area contributed by atoms with Crippen molar-refractivity contribution in [1.82, 2.24) is 4.90 Å². The van der Waals surface area contributed by atoms with Crippen LogP contribution in [0, 0.1) is 0 Å². The first-order valence-corrected chi connectivity index (χ1v) is 5.67. The molecule has 1 fully saturated rings. The molecule has 0 heterocycles. The third-order valence-corrected chi connectivity index (χ3v) is 3.24. The third kappa shape index (κ3) is 2.54. The Morgan fingerprint density at radius 2 is 2.25 bits per heavy atom. The van der Waals surface area contributed by atoms with Crippen molar-refractivity contribution < 1.29 is 9.90 Å². The minimum absolute atomic E-state index is 0.239. The Balaban J connectivity index is 2.12. The molecule has 0 bridgehead atoms. The minimum Gasteiger partial charge on any atom is -0.478 e. The molecule has 0 amide bonds. The van der Waals surface area contributed by atoms with Crippen LogP contribution < -0.4 is 0 Å². The first-order valence-electron chi connectivity index (χ1n) is 5.30. The smallest absolute Gasteiger partial charge is 0.335 e. The van der Waals surface area contributed by atoms with Crippen LogP contribution in [-0.4, -0.2) is 29.1 Å². The lowest BCUT2D eigenvalue weighted by Gasteiger charge is -2.16. The summed E-state index contributed by atoms with van der Waals surface area (Å²) in [5, 5.41) is 9.35. The Morgan fingerprint density at radius 1 is 1.56 bits per heavy atom. The number of aromatic carboxylic acids is 1. The molecule has 1 saturated carbocycles. The molecular formula is C12H14ClNO2. The fraction of sp³-hybridized carbons (Fsp3) is 0.417. The van der Waals surface area contributed by atoms with Crippen LogP contribution in [0.4, 0.5) is 0 Å². The monoisotopic (exact) mass is 239 g/mol. The van der Waals surface area contributed by atoms with Gasteiger partial charge in [-0.05, 0) is 37.6 Å². The van der Waals surface area contributed by atoms with Gasteiger partial charge in [0.2, 0.25) is 0 Å². The van der Waals surface area contributed by atoms with Crippen molar-refractivity contribution in [1.29, 1.82) is 0 Å². The van der Waals surface area contributed by atoms with E-state index in [4.69, 9.17) is 16.7 Å². The summed E-state index contributed by atoms with van der Waals surface area (Å²) in [4.78, 5) is 13.0. The number of nitrogens with zero attached hydrogens (tertiary/aromatic N) is 1. The summed E-state index contributed by atoms with van der Waals surface area (Å²) in [7, 11) is 2.07. The maximum atomic E-state index is 10.7. The fourth-order valence-corrected chi connectivity index (χ4v) is 1.96. The van der Waals surface area contributed by atoms with E-state index in [0.717, 1.165) is 12.1 Å². The molecule has 2 rings (SSSR count). The Labute approximate surface area is 99.6 Å². The Morgan fingerprint density at radius 3 is 2.75 bits per heavy atom. The number of hydrogen-bond acceptors (Lipinski definition) is 2. The summed E-state index contributed by atoms with van der Waals surface area (Å²) in [6.07, 6.45) is 2.50. The second-order valence-corrected chi connectivity index (χ2v) is 4.66. The molecule has 86 valence electrons. The molecule has 16 heavy (non-hydrogen) atoms. The van der Waals surface area contributed by atoms with Gasteiger partial charge in [-0.1, -0.05) is 17.7 Å². The predicted octanol–water partition coefficient (Wildman–Crippen LogP) is 2.63. The molecule has 0 aliphatic heterocycles. The standard InChI is InChI=1S/C12H14ClNO2/c1-14(10-4-5-10)7-9-3-2-8(12(15)16)6-11(9)13/h2-3,6,10H,4-5,7H2,1H3,(H,15,16). The summed E-state index contributed by atoms with van der Waals surface area (Å²) in [5.74, 6) is -0.941. The quantitative estimate of drug-likeness (QED) is 0.878. The van der Waals surface area contributed by atoms with Gasteiger partial charge < -0.3 is 5.11 Å². The van der Waals surface area contributed by atoms with Crippen LogP contribution in [0.15, 0.2) is 18.2 Å². The van der Waals surface area contributed by atoms with Gasteiger partial charge >= 0.3 is 5.97 Å². The van der Waals surface area contributed by atoms with Crippen LogP contribution >= 0.6 is 11.6 Å². The first-order chi connectivity index (χ1) is 7.58. The average molecular weight is 240 g/mol. The molecule has 0 radical (unpaired) electrons. The van der Waals surface area contributed by atoms with E-state index >= 15 is 0 Å². The van der Waals surface area contributed by atoms with Crippen LogP contribution in [-0.2, 0) is 6.54 Å². The molecule has 1 aromatic carbocycles. The highest BCUT2D eigenvalue weighted by atomic mass is 35.5. The van der Waals surface area contributed by atoms with Gasteiger partial charge in [0.1, 0.15) is 0 Å². The highest BCUT2D eigenvalue weighted by Gasteiger charge is 2.26. The van der Waals surface area contributed by atoms with E-state index in [1.54, 1.807) is 12.1 Å². The van der Waals surface area contributed by atoms with Gasteiger partial charge in [-0.3, -0.25) is 4.90 Å². The van der Waals surface area contributed by atoms with E-state index in [2.05, 4.69) is 11.9 Å². The van der Waals surface area contributed by atoms with Crippen molar-refractivity contribution in [3.63, 3.8) is 0 Å². The molecule has 0 aromatic heterocycles. The SMILES string of the molecule is CN(Cc1ccc(C(=O)O)cc1Cl)C1CC1. The molecule has 1 aliphatic rings. The lowest BCUT2D eigenvalue weighted by atomic mass is 10.1. The summed E-state index contributed by atoms with van der Waals surface area (Å²) in [6.45, 7) is 0.781. The minimum atomic E-state index is -0.941. The lowest BCUT2D eigenvalue weighted by molar-refractivity contribution is 0.0697. The number of halogens is 1. The Kier molecular flexibility index (Phi) is 3.17. The zero-order valence-electron chi connectivity index (χ0n) is 9.11. The zero-order valence-corrected chi connectivity index (χ0v) is 9.87. The molecule has 1 aromatic rings. The van der Waals surface area contributed by atoms with E-state index in [1.165, 1.54) is 18.9 Å². The predicted molar refractivity (Wildman–Crippen MR) is 62.9 cm³/mol. The van der Waals surface area contributed by atoms with E-state index in [9.17, 15) is 4.79 Å². The molecule has 0 spiro atoms. The van der Waals surface area contributed by atoms with Crippen LogP contribution in [0.1, 0.15) is 28.8 Å². The van der Waals surface area contributed by atoms with Gasteiger partial charge in [0.25, 0.3) is 0 Å². The molecule has 4 heteroatoms. The molecular weight excluding hydrogens is 226 g/mol. The lowest BCUT2D eigenvalue weighted by Crippen LogP contribution is -2.20. The van der Waals surface area contributed by atoms with Gasteiger partial charge in [-0.15, -0.1) is 0 Å². The normalized spacial score (nSPS) is 15.4. The van der Waals surface area contributed by atoms with E-state index < -0.39 is 5.97 Å². The molecule has 0 saturated heterocycles. The van der Waals surface area contributed by atoms with Crippen molar-refractivity contribution in [2.24, 2.45) is 0 Å². The topological polar surface area (TPSA) is 40.5 Å².